The van der Waals surface area contributed by atoms with Gasteiger partial charge in [0.2, 0.25) is 10.0 Å². The summed E-state index contributed by atoms with van der Waals surface area (Å²) in [6, 6.07) is 9.16. The third kappa shape index (κ3) is 5.11. The lowest BCUT2D eigenvalue weighted by Gasteiger charge is -2.15. The van der Waals surface area contributed by atoms with E-state index in [1.54, 1.807) is 0 Å². The molecule has 7 nitrogen and oxygen atoms in total. The van der Waals surface area contributed by atoms with Crippen molar-refractivity contribution in [2.24, 2.45) is 0 Å². The number of halogens is 2. The van der Waals surface area contributed by atoms with Gasteiger partial charge in [0.1, 0.15) is 5.82 Å². The Kier molecular flexibility index (Phi) is 6.51. The average molecular weight is 441 g/mol. The SMILES string of the molecule is O=C(COC(=O)c1cccc(S(=O)(=O)N2CCCC2)c1)Nc1ccc(Cl)cc1F. The van der Waals surface area contributed by atoms with Crippen molar-refractivity contribution in [3.8, 4) is 0 Å². The molecule has 0 aromatic heterocycles. The van der Waals surface area contributed by atoms with Gasteiger partial charge in [0.15, 0.2) is 6.61 Å². The molecule has 1 N–H and O–H groups in total. The van der Waals surface area contributed by atoms with E-state index in [4.69, 9.17) is 16.3 Å². The molecule has 10 heteroatoms. The maximum Gasteiger partial charge on any atom is 0.338 e. The molecular formula is C19H18ClFN2O5S. The molecule has 1 heterocycles. The molecule has 1 aliphatic heterocycles. The van der Waals surface area contributed by atoms with Crippen molar-refractivity contribution in [2.75, 3.05) is 25.0 Å². The summed E-state index contributed by atoms with van der Waals surface area (Å²) >= 11 is 5.64. The van der Waals surface area contributed by atoms with Crippen LogP contribution in [-0.4, -0.2) is 44.3 Å². The van der Waals surface area contributed by atoms with Crippen molar-refractivity contribution in [2.45, 2.75) is 17.7 Å². The van der Waals surface area contributed by atoms with E-state index >= 15 is 0 Å². The molecule has 0 atom stereocenters. The van der Waals surface area contributed by atoms with Crippen LogP contribution in [0.1, 0.15) is 23.2 Å². The fourth-order valence-corrected chi connectivity index (χ4v) is 4.57. The Morgan fingerprint density at radius 2 is 1.86 bits per heavy atom. The number of carbonyl (C=O) groups is 2. The van der Waals surface area contributed by atoms with Crippen LogP contribution in [0, 0.1) is 5.82 Å². The Morgan fingerprint density at radius 3 is 2.55 bits per heavy atom. The van der Waals surface area contributed by atoms with Gasteiger partial charge < -0.3 is 10.1 Å². The number of carbonyl (C=O) groups excluding carboxylic acids is 2. The van der Waals surface area contributed by atoms with Gasteiger partial charge >= 0.3 is 5.97 Å². The molecule has 0 unspecified atom stereocenters. The lowest BCUT2D eigenvalue weighted by molar-refractivity contribution is -0.119. The van der Waals surface area contributed by atoms with Gasteiger partial charge in [-0.05, 0) is 49.2 Å². The number of nitrogens with zero attached hydrogens (tertiary/aromatic N) is 1. The van der Waals surface area contributed by atoms with Crippen molar-refractivity contribution >= 4 is 39.2 Å². The molecule has 1 saturated heterocycles. The van der Waals surface area contributed by atoms with Crippen molar-refractivity contribution in [1.82, 2.24) is 4.31 Å². The maximum atomic E-state index is 13.7. The summed E-state index contributed by atoms with van der Waals surface area (Å²) in [5.41, 5.74) is -0.107. The van der Waals surface area contributed by atoms with E-state index in [1.165, 1.54) is 40.7 Å². The highest BCUT2D eigenvalue weighted by Gasteiger charge is 2.27. The summed E-state index contributed by atoms with van der Waals surface area (Å²) in [6.07, 6.45) is 1.59. The molecule has 1 aliphatic rings. The molecule has 2 aromatic rings. The average Bonchev–Trinajstić information content (AvgIpc) is 3.24. The summed E-state index contributed by atoms with van der Waals surface area (Å²) in [6.45, 7) is 0.223. The van der Waals surface area contributed by atoms with Crippen LogP contribution in [0.2, 0.25) is 5.02 Å². The van der Waals surface area contributed by atoms with Gasteiger partial charge in [0, 0.05) is 18.1 Å². The number of hydrogen-bond donors (Lipinski definition) is 1. The first-order valence-corrected chi connectivity index (χ1v) is 10.6. The summed E-state index contributed by atoms with van der Waals surface area (Å²) in [5.74, 6) is -2.34. The predicted molar refractivity (Wildman–Crippen MR) is 105 cm³/mol. The van der Waals surface area contributed by atoms with Gasteiger partial charge in [-0.3, -0.25) is 4.79 Å². The third-order valence-corrected chi connectivity index (χ3v) is 6.44. The van der Waals surface area contributed by atoms with E-state index < -0.39 is 34.3 Å². The number of esters is 1. The van der Waals surface area contributed by atoms with Gasteiger partial charge in [0.25, 0.3) is 5.91 Å². The van der Waals surface area contributed by atoms with Crippen LogP contribution >= 0.6 is 11.6 Å². The monoisotopic (exact) mass is 440 g/mol. The zero-order chi connectivity index (χ0) is 21.0. The molecule has 154 valence electrons. The fourth-order valence-electron chi connectivity index (χ4n) is 2.85. The first kappa shape index (κ1) is 21.2. The Morgan fingerprint density at radius 1 is 1.14 bits per heavy atom. The van der Waals surface area contributed by atoms with Crippen molar-refractivity contribution in [1.29, 1.82) is 0 Å². The highest BCUT2D eigenvalue weighted by Crippen LogP contribution is 2.22. The van der Waals surface area contributed by atoms with E-state index in [-0.39, 0.29) is 21.2 Å². The van der Waals surface area contributed by atoms with Crippen LogP contribution in [-0.2, 0) is 19.6 Å². The molecule has 0 spiro atoms. The smallest absolute Gasteiger partial charge is 0.338 e. The van der Waals surface area contributed by atoms with E-state index in [9.17, 15) is 22.4 Å². The fraction of sp³-hybridized carbons (Fsp3) is 0.263. The summed E-state index contributed by atoms with van der Waals surface area (Å²) in [5, 5.41) is 2.44. The van der Waals surface area contributed by atoms with Crippen LogP contribution in [0.5, 0.6) is 0 Å². The lowest BCUT2D eigenvalue weighted by Crippen LogP contribution is -2.28. The molecule has 0 aliphatic carbocycles. The van der Waals surface area contributed by atoms with Gasteiger partial charge in [-0.15, -0.1) is 0 Å². The van der Waals surface area contributed by atoms with E-state index in [0.717, 1.165) is 18.9 Å². The number of nitrogens with one attached hydrogen (secondary N) is 1. The second kappa shape index (κ2) is 8.89. The molecule has 3 rings (SSSR count). The second-order valence-electron chi connectivity index (χ2n) is 6.39. The molecule has 0 bridgehead atoms. The molecule has 1 amide bonds. The predicted octanol–water partition coefficient (Wildman–Crippen LogP) is 3.06. The van der Waals surface area contributed by atoms with Crippen molar-refractivity contribution < 1.29 is 27.1 Å². The van der Waals surface area contributed by atoms with E-state index in [0.29, 0.717) is 13.1 Å². The van der Waals surface area contributed by atoms with Crippen LogP contribution < -0.4 is 5.32 Å². The normalized spacial score (nSPS) is 14.6. The minimum atomic E-state index is -3.68. The molecule has 1 fully saturated rings. The highest BCUT2D eigenvalue weighted by molar-refractivity contribution is 7.89. The standard InChI is InChI=1S/C19H18ClFN2O5S/c20-14-6-7-17(16(21)11-14)22-18(24)12-28-19(25)13-4-3-5-15(10-13)29(26,27)23-8-1-2-9-23/h3-7,10-11H,1-2,8-9,12H2,(H,22,24). The zero-order valence-corrected chi connectivity index (χ0v) is 16.8. The van der Waals surface area contributed by atoms with Gasteiger partial charge in [0.05, 0.1) is 16.1 Å². The number of rotatable bonds is 6. The maximum absolute atomic E-state index is 13.7. The number of anilines is 1. The second-order valence-corrected chi connectivity index (χ2v) is 8.76. The summed E-state index contributed by atoms with van der Waals surface area (Å²) in [7, 11) is -3.68. The summed E-state index contributed by atoms with van der Waals surface area (Å²) < 4.78 is 45.2. The number of sulfonamides is 1. The number of benzene rings is 2. The van der Waals surface area contributed by atoms with E-state index in [2.05, 4.69) is 5.32 Å². The highest BCUT2D eigenvalue weighted by atomic mass is 35.5. The molecule has 2 aromatic carbocycles. The number of amides is 1. The van der Waals surface area contributed by atoms with Gasteiger partial charge in [-0.1, -0.05) is 17.7 Å². The first-order chi connectivity index (χ1) is 13.8. The quantitative estimate of drug-likeness (QED) is 0.697. The zero-order valence-electron chi connectivity index (χ0n) is 15.2. The molecule has 0 saturated carbocycles. The molecule has 29 heavy (non-hydrogen) atoms. The van der Waals surface area contributed by atoms with Crippen LogP contribution in [0.3, 0.4) is 0 Å². The Balaban J connectivity index is 1.63. The largest absolute Gasteiger partial charge is 0.452 e. The topological polar surface area (TPSA) is 92.8 Å². The number of hydrogen-bond acceptors (Lipinski definition) is 5. The molecular weight excluding hydrogens is 423 g/mol. The minimum Gasteiger partial charge on any atom is -0.452 e. The first-order valence-electron chi connectivity index (χ1n) is 8.79. The lowest BCUT2D eigenvalue weighted by atomic mass is 10.2. The van der Waals surface area contributed by atoms with Gasteiger partial charge in [-0.2, -0.15) is 4.31 Å². The van der Waals surface area contributed by atoms with Crippen LogP contribution in [0.15, 0.2) is 47.4 Å². The third-order valence-electron chi connectivity index (χ3n) is 4.31. The van der Waals surface area contributed by atoms with Crippen LogP contribution in [0.25, 0.3) is 0 Å². The summed E-state index contributed by atoms with van der Waals surface area (Å²) in [4.78, 5) is 24.1. The molecule has 0 radical (unpaired) electrons. The Hall–Kier alpha value is -2.49. The Labute approximate surface area is 172 Å². The minimum absolute atomic E-state index is 0.00394. The van der Waals surface area contributed by atoms with Crippen molar-refractivity contribution in [3.05, 3.63) is 58.9 Å². The van der Waals surface area contributed by atoms with Crippen LogP contribution in [0.4, 0.5) is 10.1 Å². The van der Waals surface area contributed by atoms with Crippen molar-refractivity contribution in [3.63, 3.8) is 0 Å². The van der Waals surface area contributed by atoms with Gasteiger partial charge in [-0.25, -0.2) is 17.6 Å². The number of ether oxygens (including phenoxy) is 1. The van der Waals surface area contributed by atoms with E-state index in [1.807, 2.05) is 0 Å². The Bertz CT molecular complexity index is 1040.